The van der Waals surface area contributed by atoms with E-state index in [2.05, 4.69) is 26.6 Å². The van der Waals surface area contributed by atoms with Crippen molar-refractivity contribution in [2.45, 2.75) is 96.1 Å². The van der Waals surface area contributed by atoms with Gasteiger partial charge in [-0.05, 0) is 39.0 Å². The summed E-state index contributed by atoms with van der Waals surface area (Å²) in [6.45, 7) is 5.50. The van der Waals surface area contributed by atoms with Crippen molar-refractivity contribution >= 4 is 47.4 Å². The molecule has 6 atom stereocenters. The molecule has 18 nitrogen and oxygen atoms in total. The largest absolute Gasteiger partial charge is 0.481 e. The zero-order valence-corrected chi connectivity index (χ0v) is 24.5. The van der Waals surface area contributed by atoms with E-state index < -0.39 is 103 Å². The van der Waals surface area contributed by atoms with E-state index in [9.17, 15) is 43.5 Å². The molecule has 6 amide bonds. The lowest BCUT2D eigenvalue weighted by Crippen LogP contribution is -2.58. The highest BCUT2D eigenvalue weighted by Gasteiger charge is 2.31. The standard InChI is InChI=1S/C25H43N7O11/c1-11(2)9-17(32-22(39)14(26)10-33)24(41)29-12(3)20(37)28-13(4)21(38)30-15(6-8-19(35)36)23(40)31-16(25(42)43)5-7-18(27)34/h11-17,33H,5-10,26H2,1-4H3,(H2,27,34)(H,28,37)(H,29,41)(H,30,38)(H,31,40)(H,32,39)(H,35,36)(H,42,43)/t12-,13-,14-,15-,16-,17-/m0/s1. The van der Waals surface area contributed by atoms with Crippen molar-refractivity contribution in [3.63, 3.8) is 0 Å². The van der Waals surface area contributed by atoms with Gasteiger partial charge < -0.3 is 53.4 Å². The molecule has 0 aliphatic heterocycles. The van der Waals surface area contributed by atoms with Gasteiger partial charge in [-0.3, -0.25) is 33.6 Å². The van der Waals surface area contributed by atoms with Crippen molar-refractivity contribution < 1.29 is 53.7 Å². The number of rotatable bonds is 20. The first kappa shape index (κ1) is 38.7. The summed E-state index contributed by atoms with van der Waals surface area (Å²) in [4.78, 5) is 96.5. The van der Waals surface area contributed by atoms with Crippen LogP contribution in [0.3, 0.4) is 0 Å². The molecule has 0 aromatic carbocycles. The Morgan fingerprint density at radius 1 is 0.628 bits per heavy atom. The third kappa shape index (κ3) is 15.5. The molecule has 0 aromatic rings. The molecule has 0 saturated carbocycles. The molecular formula is C25H43N7O11. The van der Waals surface area contributed by atoms with Gasteiger partial charge in [0.25, 0.3) is 0 Å². The summed E-state index contributed by atoms with van der Waals surface area (Å²) in [5, 5.41) is 38.9. The molecule has 244 valence electrons. The molecule has 0 heterocycles. The van der Waals surface area contributed by atoms with E-state index in [1.165, 1.54) is 13.8 Å². The van der Waals surface area contributed by atoms with Gasteiger partial charge in [0, 0.05) is 12.8 Å². The van der Waals surface area contributed by atoms with Gasteiger partial charge in [0.15, 0.2) is 0 Å². The van der Waals surface area contributed by atoms with Gasteiger partial charge in [-0.15, -0.1) is 0 Å². The number of primary amides is 1. The van der Waals surface area contributed by atoms with E-state index >= 15 is 0 Å². The number of amides is 6. The minimum atomic E-state index is -1.55. The van der Waals surface area contributed by atoms with E-state index in [1.807, 2.05) is 0 Å². The van der Waals surface area contributed by atoms with Crippen LogP contribution < -0.4 is 38.1 Å². The van der Waals surface area contributed by atoms with Crippen molar-refractivity contribution in [2.75, 3.05) is 6.61 Å². The zero-order chi connectivity index (χ0) is 33.4. The van der Waals surface area contributed by atoms with Crippen LogP contribution in [0.2, 0.25) is 0 Å². The van der Waals surface area contributed by atoms with Gasteiger partial charge in [0.1, 0.15) is 36.3 Å². The quantitative estimate of drug-likeness (QED) is 0.0625. The smallest absolute Gasteiger partial charge is 0.326 e. The number of nitrogens with one attached hydrogen (secondary N) is 5. The summed E-state index contributed by atoms with van der Waals surface area (Å²) in [7, 11) is 0. The Morgan fingerprint density at radius 3 is 1.53 bits per heavy atom. The minimum absolute atomic E-state index is 0.0468. The Labute approximate surface area is 248 Å². The lowest BCUT2D eigenvalue weighted by atomic mass is 10.0. The summed E-state index contributed by atoms with van der Waals surface area (Å²) in [6.07, 6.45) is -1.51. The van der Waals surface area contributed by atoms with Gasteiger partial charge >= 0.3 is 11.9 Å². The molecule has 0 bridgehead atoms. The van der Waals surface area contributed by atoms with Crippen LogP contribution in [-0.4, -0.2) is 106 Å². The number of carboxylic acid groups (broad SMARTS) is 2. The first-order valence-corrected chi connectivity index (χ1v) is 13.5. The van der Waals surface area contributed by atoms with Gasteiger partial charge in [-0.2, -0.15) is 0 Å². The second-order valence-corrected chi connectivity index (χ2v) is 10.3. The molecule has 18 heteroatoms. The number of carboxylic acids is 2. The van der Waals surface area contributed by atoms with Gasteiger partial charge in [-0.1, -0.05) is 13.8 Å². The molecular weight excluding hydrogens is 574 g/mol. The second-order valence-electron chi connectivity index (χ2n) is 10.3. The van der Waals surface area contributed by atoms with Crippen LogP contribution in [0.5, 0.6) is 0 Å². The fraction of sp³-hybridized carbons (Fsp3) is 0.680. The maximum absolute atomic E-state index is 12.8. The molecule has 0 rings (SSSR count). The number of carbonyl (C=O) groups excluding carboxylic acids is 6. The highest BCUT2D eigenvalue weighted by Crippen LogP contribution is 2.07. The maximum Gasteiger partial charge on any atom is 0.326 e. The third-order valence-electron chi connectivity index (χ3n) is 5.95. The predicted molar refractivity (Wildman–Crippen MR) is 148 cm³/mol. The Bertz CT molecular complexity index is 1040. The van der Waals surface area contributed by atoms with Crippen LogP contribution >= 0.6 is 0 Å². The predicted octanol–water partition coefficient (Wildman–Crippen LogP) is -3.97. The van der Waals surface area contributed by atoms with Crippen molar-refractivity contribution in [1.82, 2.24) is 26.6 Å². The Morgan fingerprint density at radius 2 is 1.07 bits per heavy atom. The van der Waals surface area contributed by atoms with Gasteiger partial charge in [-0.25, -0.2) is 4.79 Å². The number of carbonyl (C=O) groups is 8. The lowest BCUT2D eigenvalue weighted by molar-refractivity contribution is -0.143. The maximum atomic E-state index is 12.8. The Kier molecular flexibility index (Phi) is 17.1. The number of aliphatic carboxylic acids is 2. The molecule has 0 radical (unpaired) electrons. The summed E-state index contributed by atoms with van der Waals surface area (Å²) in [5.74, 6) is -7.91. The number of aliphatic hydroxyl groups is 1. The number of hydrogen-bond donors (Lipinski definition) is 10. The molecule has 0 spiro atoms. The van der Waals surface area contributed by atoms with E-state index in [1.54, 1.807) is 13.8 Å². The highest BCUT2D eigenvalue weighted by atomic mass is 16.4. The molecule has 0 unspecified atom stereocenters. The minimum Gasteiger partial charge on any atom is -0.481 e. The SMILES string of the molecule is CC(C)C[C@H](NC(=O)[C@@H](N)CO)C(=O)N[C@@H](C)C(=O)N[C@@H](C)C(=O)N[C@@H](CCC(=O)O)C(=O)N[C@@H](CCC(N)=O)C(=O)O. The van der Waals surface area contributed by atoms with E-state index in [4.69, 9.17) is 21.7 Å². The second kappa shape index (κ2) is 19.0. The van der Waals surface area contributed by atoms with Crippen LogP contribution in [0.25, 0.3) is 0 Å². The van der Waals surface area contributed by atoms with E-state index in [0.717, 1.165) is 0 Å². The zero-order valence-electron chi connectivity index (χ0n) is 24.5. The summed E-state index contributed by atoms with van der Waals surface area (Å²) < 4.78 is 0. The first-order chi connectivity index (χ1) is 19.9. The third-order valence-corrected chi connectivity index (χ3v) is 5.95. The van der Waals surface area contributed by atoms with Crippen molar-refractivity contribution in [3.05, 3.63) is 0 Å². The molecule has 0 aliphatic carbocycles. The molecule has 0 aromatic heterocycles. The van der Waals surface area contributed by atoms with Crippen LogP contribution in [0.4, 0.5) is 0 Å². The first-order valence-electron chi connectivity index (χ1n) is 13.5. The van der Waals surface area contributed by atoms with Crippen LogP contribution in [0.15, 0.2) is 0 Å². The molecule has 0 aliphatic rings. The van der Waals surface area contributed by atoms with E-state index in [-0.39, 0.29) is 25.2 Å². The Hall–Kier alpha value is -4.32. The van der Waals surface area contributed by atoms with E-state index in [0.29, 0.717) is 0 Å². The number of nitrogens with two attached hydrogens (primary N) is 2. The average molecular weight is 618 g/mol. The van der Waals surface area contributed by atoms with Crippen LogP contribution in [0.1, 0.15) is 59.8 Å². The van der Waals surface area contributed by atoms with Crippen molar-refractivity contribution in [2.24, 2.45) is 17.4 Å². The number of hydrogen-bond acceptors (Lipinski definition) is 10. The fourth-order valence-electron chi connectivity index (χ4n) is 3.50. The molecule has 43 heavy (non-hydrogen) atoms. The van der Waals surface area contributed by atoms with Crippen LogP contribution in [-0.2, 0) is 38.4 Å². The Balaban J connectivity index is 5.40. The van der Waals surface area contributed by atoms with Crippen molar-refractivity contribution in [3.8, 4) is 0 Å². The summed E-state index contributed by atoms with van der Waals surface area (Å²) >= 11 is 0. The molecule has 0 saturated heterocycles. The highest BCUT2D eigenvalue weighted by molar-refractivity contribution is 5.96. The molecule has 0 fully saturated rings. The summed E-state index contributed by atoms with van der Waals surface area (Å²) in [6, 6.07) is -7.89. The molecule has 12 N–H and O–H groups in total. The lowest BCUT2D eigenvalue weighted by Gasteiger charge is -2.25. The monoisotopic (exact) mass is 617 g/mol. The van der Waals surface area contributed by atoms with Gasteiger partial charge in [0.05, 0.1) is 6.61 Å². The fourth-order valence-corrected chi connectivity index (χ4v) is 3.50. The van der Waals surface area contributed by atoms with Crippen LogP contribution in [0, 0.1) is 5.92 Å². The van der Waals surface area contributed by atoms with Gasteiger partial charge in [0.2, 0.25) is 35.4 Å². The average Bonchev–Trinajstić information content (AvgIpc) is 2.90. The number of aliphatic hydroxyl groups excluding tert-OH is 1. The topological polar surface area (TPSA) is 309 Å². The summed E-state index contributed by atoms with van der Waals surface area (Å²) in [5.41, 5.74) is 10.5. The normalized spacial score (nSPS) is 15.0. The van der Waals surface area contributed by atoms with Crippen molar-refractivity contribution in [1.29, 1.82) is 0 Å².